The van der Waals surface area contributed by atoms with Crippen LogP contribution in [0, 0.1) is 5.92 Å². The zero-order valence-electron chi connectivity index (χ0n) is 22.6. The number of ketones is 1. The van der Waals surface area contributed by atoms with Crippen LogP contribution in [-0.4, -0.2) is 79.5 Å². The van der Waals surface area contributed by atoms with Gasteiger partial charge in [-0.05, 0) is 69.3 Å². The molecule has 0 radical (unpaired) electrons. The Morgan fingerprint density at radius 3 is 2.68 bits per heavy atom. The van der Waals surface area contributed by atoms with E-state index < -0.39 is 10.0 Å². The maximum absolute atomic E-state index is 12.9. The van der Waals surface area contributed by atoms with Crippen LogP contribution in [0.4, 0.5) is 11.6 Å². The zero-order valence-corrected chi connectivity index (χ0v) is 24.2. The van der Waals surface area contributed by atoms with Gasteiger partial charge < -0.3 is 10.1 Å². The van der Waals surface area contributed by atoms with E-state index in [0.717, 1.165) is 50.6 Å². The summed E-state index contributed by atoms with van der Waals surface area (Å²) >= 11 is 6.50. The number of Topliss-reactive ketones (excluding diaryl/α,β-unsaturated/α-hetero) is 1. The van der Waals surface area contributed by atoms with Gasteiger partial charge in [-0.3, -0.25) is 9.69 Å². The van der Waals surface area contributed by atoms with Gasteiger partial charge in [0.1, 0.15) is 5.75 Å². The molecule has 0 bridgehead atoms. The van der Waals surface area contributed by atoms with Crippen molar-refractivity contribution in [2.75, 3.05) is 39.3 Å². The van der Waals surface area contributed by atoms with Crippen LogP contribution < -0.4 is 10.1 Å². The Kier molecular flexibility index (Phi) is 9.28. The molecule has 2 aromatic rings. The predicted molar refractivity (Wildman–Crippen MR) is 150 cm³/mol. The van der Waals surface area contributed by atoms with Gasteiger partial charge in [-0.25, -0.2) is 22.7 Å². The number of benzene rings is 1. The van der Waals surface area contributed by atoms with E-state index in [1.807, 2.05) is 25.2 Å². The second-order valence-electron chi connectivity index (χ2n) is 10.5. The highest BCUT2D eigenvalue weighted by atomic mass is 35.5. The van der Waals surface area contributed by atoms with E-state index in [1.165, 1.54) is 10.6 Å². The summed E-state index contributed by atoms with van der Waals surface area (Å²) in [5.41, 5.74) is 2.23. The molecule has 1 saturated heterocycles. The Balaban J connectivity index is 1.52. The summed E-state index contributed by atoms with van der Waals surface area (Å²) in [6, 6.07) is 5.54. The van der Waals surface area contributed by atoms with Gasteiger partial charge in [-0.2, -0.15) is 0 Å². The average Bonchev–Trinajstić information content (AvgIpc) is 3.31. The van der Waals surface area contributed by atoms with Gasteiger partial charge in [0.2, 0.25) is 16.0 Å². The summed E-state index contributed by atoms with van der Waals surface area (Å²) in [7, 11) is 1.95. The van der Waals surface area contributed by atoms with Gasteiger partial charge in [0.15, 0.2) is 5.78 Å². The molecule has 1 aromatic carbocycles. The number of sulfonamides is 1. The Hall–Kier alpha value is -2.27. The first-order valence-electron chi connectivity index (χ1n) is 13.2. The number of ether oxygens (including phenoxy) is 1. The summed E-state index contributed by atoms with van der Waals surface area (Å²) in [5.74, 6) is 1.31. The topological polar surface area (TPSA) is 105 Å². The lowest BCUT2D eigenvalue weighted by molar-refractivity contribution is -0.122. The van der Waals surface area contributed by atoms with E-state index >= 15 is 0 Å². The third-order valence-electron chi connectivity index (χ3n) is 7.91. The first kappa shape index (κ1) is 28.7. The van der Waals surface area contributed by atoms with E-state index in [9.17, 15) is 13.2 Å². The fraction of sp³-hybridized carbons (Fsp3) is 0.593. The van der Waals surface area contributed by atoms with Crippen LogP contribution in [0.5, 0.6) is 5.75 Å². The minimum absolute atomic E-state index is 0.0268. The number of aromatic nitrogens is 2. The summed E-state index contributed by atoms with van der Waals surface area (Å²) < 4.78 is 31.5. The molecule has 0 amide bonds. The number of carbonyl (C=O) groups is 1. The van der Waals surface area contributed by atoms with Crippen LogP contribution in [0.2, 0.25) is 5.02 Å². The smallest absolute Gasteiger partial charge is 0.227 e. The monoisotopic (exact) mass is 563 g/mol. The second-order valence-corrected chi connectivity index (χ2v) is 13.0. The Bertz CT molecular complexity index is 1260. The highest BCUT2D eigenvalue weighted by Gasteiger charge is 2.33. The van der Waals surface area contributed by atoms with E-state index in [-0.39, 0.29) is 23.8 Å². The molecule has 1 aliphatic heterocycles. The Morgan fingerprint density at radius 1 is 1.24 bits per heavy atom. The lowest BCUT2D eigenvalue weighted by Crippen LogP contribution is -2.43. The minimum atomic E-state index is -3.30. The number of halogens is 1. The summed E-state index contributed by atoms with van der Waals surface area (Å²) in [4.78, 5) is 24.1. The Labute approximate surface area is 231 Å². The molecule has 2 fully saturated rings. The van der Waals surface area contributed by atoms with Crippen LogP contribution in [0.1, 0.15) is 49.8 Å². The van der Waals surface area contributed by atoms with Crippen LogP contribution in [0.25, 0.3) is 0 Å². The molecule has 0 unspecified atom stereocenters. The number of nitrogens with one attached hydrogen (secondary N) is 1. The molecule has 1 aromatic heterocycles. The van der Waals surface area contributed by atoms with Crippen LogP contribution in [0.3, 0.4) is 0 Å². The normalized spacial score (nSPS) is 22.5. The predicted octanol–water partition coefficient (Wildman–Crippen LogP) is 4.08. The number of rotatable bonds is 10. The number of likely N-dealkylation sites (N-methyl/N-ethyl adjacent to an activating group) is 1. The third kappa shape index (κ3) is 6.83. The number of methoxy groups -OCH3 is 1. The van der Waals surface area contributed by atoms with Crippen molar-refractivity contribution < 1.29 is 17.9 Å². The molecule has 1 saturated carbocycles. The lowest BCUT2D eigenvalue weighted by atomic mass is 9.81. The van der Waals surface area contributed by atoms with E-state index in [0.29, 0.717) is 40.9 Å². The first-order valence-corrected chi connectivity index (χ1v) is 15.4. The maximum Gasteiger partial charge on any atom is 0.227 e. The lowest BCUT2D eigenvalue weighted by Gasteiger charge is -2.36. The average molecular weight is 564 g/mol. The number of nitrogens with zero attached hydrogens (tertiary/aromatic N) is 4. The number of hydrogen-bond acceptors (Lipinski definition) is 8. The van der Waals surface area contributed by atoms with Crippen molar-refractivity contribution in [3.63, 3.8) is 0 Å². The number of likely N-dealkylation sites (tertiary alicyclic amines) is 1. The summed E-state index contributed by atoms with van der Waals surface area (Å²) in [5, 5.41) is 3.70. The fourth-order valence-electron chi connectivity index (χ4n) is 5.72. The molecular weight excluding hydrogens is 526 g/mol. The van der Waals surface area contributed by atoms with Crippen molar-refractivity contribution in [3.05, 3.63) is 40.7 Å². The largest absolute Gasteiger partial charge is 0.495 e. The summed E-state index contributed by atoms with van der Waals surface area (Å²) in [6.07, 6.45) is 9.45. The molecule has 2 heterocycles. The van der Waals surface area contributed by atoms with Gasteiger partial charge in [-0.15, -0.1) is 0 Å². The number of anilines is 2. The molecule has 2 aliphatic rings. The van der Waals surface area contributed by atoms with Crippen molar-refractivity contribution >= 4 is 39.0 Å². The minimum Gasteiger partial charge on any atom is -0.495 e. The molecular formula is C27H38ClN5O4S. The highest BCUT2D eigenvalue weighted by molar-refractivity contribution is 7.88. The van der Waals surface area contributed by atoms with Gasteiger partial charge in [0.25, 0.3) is 0 Å². The SMILES string of the molecule is COc1ccc(CC(=O)[C@@H]2CCCN2C)cc1Nc1ncc(Cl)c(C[C@@H]2CCCC[C@H]2N(C)S(C)(=O)=O)n1. The molecule has 11 heteroatoms. The standard InChI is InChI=1S/C27H38ClN5O4S/c1-32-13-7-10-24(32)25(34)15-18-11-12-26(37-3)22(14-18)31-27-29-17-20(28)21(30-27)16-19-8-5-6-9-23(19)33(2)38(4,35)36/h11-12,14,17,19,23-24H,5-10,13,15-16H2,1-4H3,(H,29,30,31)/t19-,23+,24-/m0/s1. The molecule has 3 atom stereocenters. The van der Waals surface area contributed by atoms with Crippen molar-refractivity contribution in [1.29, 1.82) is 0 Å². The number of carbonyl (C=O) groups excluding carboxylic acids is 1. The van der Waals surface area contributed by atoms with Crippen molar-refractivity contribution in [3.8, 4) is 5.75 Å². The zero-order chi connectivity index (χ0) is 27.4. The van der Waals surface area contributed by atoms with Crippen LogP contribution >= 0.6 is 11.6 Å². The van der Waals surface area contributed by atoms with Gasteiger partial charge in [0.05, 0.1) is 42.0 Å². The van der Waals surface area contributed by atoms with Crippen molar-refractivity contribution in [2.24, 2.45) is 5.92 Å². The molecule has 9 nitrogen and oxygen atoms in total. The molecule has 4 rings (SSSR count). The molecule has 208 valence electrons. The molecule has 1 N–H and O–H groups in total. The third-order valence-corrected chi connectivity index (χ3v) is 9.54. The number of hydrogen-bond donors (Lipinski definition) is 1. The van der Waals surface area contributed by atoms with Crippen molar-refractivity contribution in [1.82, 2.24) is 19.2 Å². The van der Waals surface area contributed by atoms with E-state index in [2.05, 4.69) is 15.2 Å². The van der Waals surface area contributed by atoms with Crippen LogP contribution in [-0.2, 0) is 27.7 Å². The van der Waals surface area contributed by atoms with Gasteiger partial charge >= 0.3 is 0 Å². The maximum atomic E-state index is 12.9. The fourth-order valence-corrected chi connectivity index (χ4v) is 6.66. The van der Waals surface area contributed by atoms with Gasteiger partial charge in [-0.1, -0.05) is 30.5 Å². The van der Waals surface area contributed by atoms with E-state index in [4.69, 9.17) is 21.3 Å². The van der Waals surface area contributed by atoms with Crippen LogP contribution in [0.15, 0.2) is 24.4 Å². The van der Waals surface area contributed by atoms with E-state index in [1.54, 1.807) is 20.4 Å². The van der Waals surface area contributed by atoms with Crippen molar-refractivity contribution in [2.45, 2.75) is 63.5 Å². The first-order chi connectivity index (χ1) is 18.1. The molecule has 0 spiro atoms. The second kappa shape index (κ2) is 12.3. The quantitative estimate of drug-likeness (QED) is 0.461. The van der Waals surface area contributed by atoms with Gasteiger partial charge in [0, 0.05) is 19.5 Å². The molecule has 38 heavy (non-hydrogen) atoms. The highest BCUT2D eigenvalue weighted by Crippen LogP contribution is 2.34. The summed E-state index contributed by atoms with van der Waals surface area (Å²) in [6.45, 7) is 0.953. The molecule has 1 aliphatic carbocycles. The Morgan fingerprint density at radius 2 is 2.00 bits per heavy atom.